The van der Waals surface area contributed by atoms with E-state index in [1.807, 2.05) is 0 Å². The Morgan fingerprint density at radius 2 is 1.55 bits per heavy atom. The van der Waals surface area contributed by atoms with E-state index in [0.29, 0.717) is 0 Å². The number of hydrogen-bond donors (Lipinski definition) is 0. The third kappa shape index (κ3) is 4.85. The zero-order valence-electron chi connectivity index (χ0n) is 20.2. The van der Waals surface area contributed by atoms with Crippen LogP contribution in [-0.4, -0.2) is 18.7 Å². The van der Waals surface area contributed by atoms with Gasteiger partial charge in [0, 0.05) is 24.7 Å². The lowest BCUT2D eigenvalue weighted by Gasteiger charge is -2.31. The molecule has 1 aliphatic heterocycles. The molecule has 1 heterocycles. The Labute approximate surface area is 198 Å². The third-order valence-electron chi connectivity index (χ3n) is 6.76. The molecule has 1 atom stereocenters. The normalized spacial score (nSPS) is 18.5. The molecule has 0 aromatic heterocycles. The number of rotatable bonds is 4. The largest absolute Gasteiger partial charge is 0.488 e. The molecule has 3 aromatic rings. The van der Waals surface area contributed by atoms with E-state index < -0.39 is 0 Å². The predicted molar refractivity (Wildman–Crippen MR) is 139 cm³/mol. The molecule has 1 unspecified atom stereocenters. The summed E-state index contributed by atoms with van der Waals surface area (Å²) in [5.74, 6) is 1.19. The summed E-state index contributed by atoms with van der Waals surface area (Å²) in [6.07, 6.45) is 7.32. The number of piperidine rings is 1. The molecule has 5 rings (SSSR count). The highest BCUT2D eigenvalue weighted by molar-refractivity contribution is 5.78. The van der Waals surface area contributed by atoms with E-state index in [-0.39, 0.29) is 11.5 Å². The van der Waals surface area contributed by atoms with Crippen LogP contribution in [0.5, 0.6) is 5.75 Å². The van der Waals surface area contributed by atoms with Crippen LogP contribution in [0, 0.1) is 0 Å². The van der Waals surface area contributed by atoms with Crippen LogP contribution in [-0.2, 0) is 6.42 Å². The van der Waals surface area contributed by atoms with Gasteiger partial charge in [-0.2, -0.15) is 0 Å². The Bertz CT molecular complexity index is 1120. The molecule has 1 saturated heterocycles. The lowest BCUT2D eigenvalue weighted by Crippen LogP contribution is -2.29. The standard InChI is InChI=1S/C31H35NO/c1-31(2,3)33-27-17-19-29-25(22-27)14-18-28(23-10-6-4-7-11-23)30(29)24-12-15-26(16-13-24)32-20-8-5-9-21-32/h4,6-7,10-13,15-19,22,30H,5,8-9,14,20-21H2,1-3H3. The average molecular weight is 438 g/mol. The van der Waals surface area contributed by atoms with Crippen molar-refractivity contribution in [3.05, 3.63) is 101 Å². The van der Waals surface area contributed by atoms with Gasteiger partial charge in [-0.25, -0.2) is 0 Å². The molecule has 1 aliphatic carbocycles. The molecule has 0 radical (unpaired) electrons. The predicted octanol–water partition coefficient (Wildman–Crippen LogP) is 7.63. The molecule has 0 saturated carbocycles. The summed E-state index contributed by atoms with van der Waals surface area (Å²) in [5.41, 5.74) is 7.98. The molecule has 170 valence electrons. The Morgan fingerprint density at radius 1 is 0.818 bits per heavy atom. The van der Waals surface area contributed by atoms with E-state index >= 15 is 0 Å². The first-order chi connectivity index (χ1) is 16.0. The molecule has 2 aliphatic rings. The molecule has 1 fully saturated rings. The van der Waals surface area contributed by atoms with Gasteiger partial charge in [-0.1, -0.05) is 54.6 Å². The first-order valence-electron chi connectivity index (χ1n) is 12.4. The SMILES string of the molecule is CC(C)(C)Oc1ccc2c(c1)CC=C(c1ccccc1)C2c1ccc(N2CCCCC2)cc1. The van der Waals surface area contributed by atoms with E-state index in [0.717, 1.165) is 12.2 Å². The number of nitrogens with zero attached hydrogens (tertiary/aromatic N) is 1. The van der Waals surface area contributed by atoms with Gasteiger partial charge in [-0.3, -0.25) is 0 Å². The van der Waals surface area contributed by atoms with Crippen LogP contribution >= 0.6 is 0 Å². The van der Waals surface area contributed by atoms with Gasteiger partial charge in [-0.05, 0) is 98.5 Å². The monoisotopic (exact) mass is 437 g/mol. The number of fused-ring (bicyclic) bond motifs is 1. The number of ether oxygens (including phenoxy) is 1. The number of allylic oxidation sites excluding steroid dienone is 2. The fourth-order valence-electron chi connectivity index (χ4n) is 5.27. The topological polar surface area (TPSA) is 12.5 Å². The van der Waals surface area contributed by atoms with Crippen molar-refractivity contribution in [1.29, 1.82) is 0 Å². The molecule has 0 bridgehead atoms. The molecular formula is C31H35NO. The van der Waals surface area contributed by atoms with E-state index in [4.69, 9.17) is 4.74 Å². The summed E-state index contributed by atoms with van der Waals surface area (Å²) in [6.45, 7) is 8.67. The highest BCUT2D eigenvalue weighted by atomic mass is 16.5. The lowest BCUT2D eigenvalue weighted by molar-refractivity contribution is 0.131. The smallest absolute Gasteiger partial charge is 0.120 e. The molecule has 33 heavy (non-hydrogen) atoms. The molecule has 3 aromatic carbocycles. The summed E-state index contributed by atoms with van der Waals surface area (Å²) in [6, 6.07) is 26.9. The first-order valence-corrected chi connectivity index (χ1v) is 12.4. The number of anilines is 1. The van der Waals surface area contributed by atoms with Gasteiger partial charge in [0.15, 0.2) is 0 Å². The summed E-state index contributed by atoms with van der Waals surface area (Å²) >= 11 is 0. The minimum atomic E-state index is -0.197. The van der Waals surface area contributed by atoms with E-state index in [9.17, 15) is 0 Å². The summed E-state index contributed by atoms with van der Waals surface area (Å²) < 4.78 is 6.18. The fraction of sp³-hybridized carbons (Fsp3) is 0.355. The van der Waals surface area contributed by atoms with Gasteiger partial charge in [0.05, 0.1) is 0 Å². The van der Waals surface area contributed by atoms with Crippen molar-refractivity contribution < 1.29 is 4.74 Å². The maximum absolute atomic E-state index is 6.18. The van der Waals surface area contributed by atoms with Crippen molar-refractivity contribution in [1.82, 2.24) is 0 Å². The highest BCUT2D eigenvalue weighted by Crippen LogP contribution is 2.44. The van der Waals surface area contributed by atoms with Crippen LogP contribution in [0.4, 0.5) is 5.69 Å². The van der Waals surface area contributed by atoms with Crippen LogP contribution in [0.3, 0.4) is 0 Å². The van der Waals surface area contributed by atoms with Gasteiger partial charge in [0.1, 0.15) is 11.4 Å². The summed E-state index contributed by atoms with van der Waals surface area (Å²) in [5, 5.41) is 0. The fourth-order valence-corrected chi connectivity index (χ4v) is 5.27. The highest BCUT2D eigenvalue weighted by Gasteiger charge is 2.27. The van der Waals surface area contributed by atoms with Gasteiger partial charge in [0.25, 0.3) is 0 Å². The van der Waals surface area contributed by atoms with Crippen LogP contribution in [0.25, 0.3) is 5.57 Å². The molecular weight excluding hydrogens is 402 g/mol. The van der Waals surface area contributed by atoms with E-state index in [1.165, 1.54) is 65.9 Å². The van der Waals surface area contributed by atoms with E-state index in [1.54, 1.807) is 0 Å². The van der Waals surface area contributed by atoms with Crippen LogP contribution in [0.2, 0.25) is 0 Å². The van der Waals surface area contributed by atoms with Crippen molar-refractivity contribution in [2.45, 2.75) is 58.0 Å². The average Bonchev–Trinajstić information content (AvgIpc) is 2.83. The number of benzene rings is 3. The van der Waals surface area contributed by atoms with Crippen LogP contribution in [0.15, 0.2) is 78.9 Å². The molecule has 0 spiro atoms. The minimum Gasteiger partial charge on any atom is -0.488 e. The zero-order chi connectivity index (χ0) is 22.8. The molecule has 2 nitrogen and oxygen atoms in total. The van der Waals surface area contributed by atoms with Crippen molar-refractivity contribution in [3.63, 3.8) is 0 Å². The van der Waals surface area contributed by atoms with Crippen molar-refractivity contribution >= 4 is 11.3 Å². The minimum absolute atomic E-state index is 0.197. The van der Waals surface area contributed by atoms with Crippen LogP contribution < -0.4 is 9.64 Å². The van der Waals surface area contributed by atoms with Gasteiger partial charge < -0.3 is 9.64 Å². The maximum atomic E-state index is 6.18. The second-order valence-electron chi connectivity index (χ2n) is 10.4. The summed E-state index contributed by atoms with van der Waals surface area (Å²) in [7, 11) is 0. The van der Waals surface area contributed by atoms with Crippen molar-refractivity contribution in [2.75, 3.05) is 18.0 Å². The Kier molecular flexibility index (Phi) is 6.01. The molecule has 0 amide bonds. The van der Waals surface area contributed by atoms with Gasteiger partial charge >= 0.3 is 0 Å². The van der Waals surface area contributed by atoms with E-state index in [2.05, 4.69) is 105 Å². The Balaban J connectivity index is 1.53. The van der Waals surface area contributed by atoms with Crippen LogP contribution in [0.1, 0.15) is 68.2 Å². The molecule has 2 heteroatoms. The first kappa shape index (κ1) is 21.8. The zero-order valence-corrected chi connectivity index (χ0v) is 20.2. The Hall–Kier alpha value is -3.00. The lowest BCUT2D eigenvalue weighted by atomic mass is 9.75. The quantitative estimate of drug-likeness (QED) is 0.416. The second-order valence-corrected chi connectivity index (χ2v) is 10.4. The second kappa shape index (κ2) is 9.09. The maximum Gasteiger partial charge on any atom is 0.120 e. The molecule has 0 N–H and O–H groups in total. The van der Waals surface area contributed by atoms with Gasteiger partial charge in [-0.15, -0.1) is 0 Å². The summed E-state index contributed by atoms with van der Waals surface area (Å²) in [4.78, 5) is 2.53. The van der Waals surface area contributed by atoms with Gasteiger partial charge in [0.2, 0.25) is 0 Å². The Morgan fingerprint density at radius 3 is 2.24 bits per heavy atom. The van der Waals surface area contributed by atoms with Crippen molar-refractivity contribution in [2.24, 2.45) is 0 Å². The number of hydrogen-bond acceptors (Lipinski definition) is 2. The van der Waals surface area contributed by atoms with Crippen molar-refractivity contribution in [3.8, 4) is 5.75 Å². The third-order valence-corrected chi connectivity index (χ3v) is 6.76.